The Balaban J connectivity index is 1.58. The SMILES string of the molecule is COc1ccc(-c2nnc(SCC(=O)c3[nH]c(C)c(C(C)=O)c3C)n2C[C@H]2CCCO2)cc1. The Hall–Kier alpha value is -2.91. The summed E-state index contributed by atoms with van der Waals surface area (Å²) in [5, 5.41) is 9.48. The van der Waals surface area contributed by atoms with Crippen molar-refractivity contribution >= 4 is 23.3 Å². The monoisotopic (exact) mass is 468 g/mol. The van der Waals surface area contributed by atoms with Gasteiger partial charge in [0.1, 0.15) is 5.75 Å². The van der Waals surface area contributed by atoms with Crippen LogP contribution in [0.25, 0.3) is 11.4 Å². The van der Waals surface area contributed by atoms with Gasteiger partial charge in [0.15, 0.2) is 22.5 Å². The van der Waals surface area contributed by atoms with Gasteiger partial charge in [-0.25, -0.2) is 0 Å². The first-order valence-corrected chi connectivity index (χ1v) is 11.9. The second-order valence-electron chi connectivity index (χ2n) is 8.17. The van der Waals surface area contributed by atoms with Crippen LogP contribution in [0.1, 0.15) is 51.9 Å². The van der Waals surface area contributed by atoms with Crippen LogP contribution in [0, 0.1) is 13.8 Å². The van der Waals surface area contributed by atoms with E-state index in [-0.39, 0.29) is 23.4 Å². The van der Waals surface area contributed by atoms with E-state index in [0.29, 0.717) is 28.5 Å². The fraction of sp³-hybridized carbons (Fsp3) is 0.417. The van der Waals surface area contributed by atoms with Crippen LogP contribution >= 0.6 is 11.8 Å². The maximum absolute atomic E-state index is 13.0. The van der Waals surface area contributed by atoms with Crippen LogP contribution < -0.4 is 4.74 Å². The second-order valence-corrected chi connectivity index (χ2v) is 9.12. The molecule has 0 amide bonds. The average molecular weight is 469 g/mol. The molecule has 1 aliphatic rings. The molecule has 1 atom stereocenters. The van der Waals surface area contributed by atoms with Gasteiger partial charge in [0.25, 0.3) is 0 Å². The lowest BCUT2D eigenvalue weighted by atomic mass is 10.1. The molecule has 3 aromatic rings. The number of H-pyrrole nitrogens is 1. The zero-order valence-electron chi connectivity index (χ0n) is 19.3. The van der Waals surface area contributed by atoms with Gasteiger partial charge < -0.3 is 14.5 Å². The van der Waals surface area contributed by atoms with Crippen molar-refractivity contribution in [1.29, 1.82) is 0 Å². The Bertz CT molecular complexity index is 1160. The minimum atomic E-state index is -0.0780. The molecule has 0 aliphatic carbocycles. The van der Waals surface area contributed by atoms with E-state index in [4.69, 9.17) is 9.47 Å². The topological polar surface area (TPSA) is 99.1 Å². The van der Waals surface area contributed by atoms with Crippen molar-refractivity contribution in [3.63, 3.8) is 0 Å². The molecule has 0 radical (unpaired) electrons. The number of ketones is 2. The first kappa shape index (κ1) is 23.3. The quantitative estimate of drug-likeness (QED) is 0.370. The van der Waals surface area contributed by atoms with Crippen LogP contribution in [0.4, 0.5) is 0 Å². The van der Waals surface area contributed by atoms with Gasteiger partial charge in [-0.05, 0) is 63.4 Å². The molecule has 4 rings (SSSR count). The maximum Gasteiger partial charge on any atom is 0.192 e. The largest absolute Gasteiger partial charge is 0.497 e. The molecule has 8 nitrogen and oxygen atoms in total. The van der Waals surface area contributed by atoms with Crippen molar-refractivity contribution < 1.29 is 19.1 Å². The van der Waals surface area contributed by atoms with Crippen molar-refractivity contribution in [3.05, 3.63) is 46.8 Å². The summed E-state index contributed by atoms with van der Waals surface area (Å²) < 4.78 is 13.1. The van der Waals surface area contributed by atoms with Crippen molar-refractivity contribution in [1.82, 2.24) is 19.7 Å². The van der Waals surface area contributed by atoms with Crippen molar-refractivity contribution in [3.8, 4) is 17.1 Å². The standard InChI is InChI=1S/C24H28N4O4S/c1-14-21(16(3)29)15(2)25-22(14)20(30)13-33-24-27-26-23(17-7-9-18(31-4)10-8-17)28(24)12-19-6-5-11-32-19/h7-10,19,25H,5-6,11-13H2,1-4H3/t19-/m1/s1. The average Bonchev–Trinajstić information content (AvgIpc) is 3.52. The second kappa shape index (κ2) is 9.93. The fourth-order valence-electron chi connectivity index (χ4n) is 4.26. The molecular formula is C24H28N4O4S. The number of hydrogen-bond acceptors (Lipinski definition) is 7. The third-order valence-corrected chi connectivity index (χ3v) is 6.84. The third-order valence-electron chi connectivity index (χ3n) is 5.88. The lowest BCUT2D eigenvalue weighted by Gasteiger charge is -2.15. The van der Waals surface area contributed by atoms with Crippen LogP contribution in [0.3, 0.4) is 0 Å². The Morgan fingerprint density at radius 3 is 2.61 bits per heavy atom. The van der Waals surface area contributed by atoms with Gasteiger partial charge in [0, 0.05) is 23.4 Å². The molecule has 1 saturated heterocycles. The third kappa shape index (κ3) is 4.89. The number of thioether (sulfide) groups is 1. The molecule has 0 spiro atoms. The number of carbonyl (C=O) groups is 2. The van der Waals surface area contributed by atoms with Crippen molar-refractivity contribution in [2.45, 2.75) is 51.4 Å². The molecule has 1 aliphatic heterocycles. The summed E-state index contributed by atoms with van der Waals surface area (Å²) in [7, 11) is 1.63. The summed E-state index contributed by atoms with van der Waals surface area (Å²) in [6.07, 6.45) is 2.12. The van der Waals surface area contributed by atoms with Crippen molar-refractivity contribution in [2.75, 3.05) is 19.5 Å². The number of rotatable bonds is 9. The molecule has 9 heteroatoms. The van der Waals surface area contributed by atoms with E-state index < -0.39 is 0 Å². The van der Waals surface area contributed by atoms with Crippen LogP contribution in [-0.2, 0) is 11.3 Å². The molecule has 1 N–H and O–H groups in total. The summed E-state index contributed by atoms with van der Waals surface area (Å²) in [4.78, 5) is 28.0. The number of benzene rings is 1. The minimum absolute atomic E-state index is 0.0478. The van der Waals surface area contributed by atoms with Crippen molar-refractivity contribution in [2.24, 2.45) is 0 Å². The molecule has 1 fully saturated rings. The van der Waals surface area contributed by atoms with Gasteiger partial charge in [-0.2, -0.15) is 0 Å². The number of aromatic amines is 1. The predicted octanol–water partition coefficient (Wildman–Crippen LogP) is 4.26. The summed E-state index contributed by atoms with van der Waals surface area (Å²) in [5.74, 6) is 1.56. The minimum Gasteiger partial charge on any atom is -0.497 e. The summed E-state index contributed by atoms with van der Waals surface area (Å²) in [6.45, 7) is 6.52. The maximum atomic E-state index is 13.0. The Labute approximate surface area is 197 Å². The molecule has 174 valence electrons. The van der Waals surface area contributed by atoms with Gasteiger partial charge in [-0.1, -0.05) is 11.8 Å². The molecule has 3 heterocycles. The number of Topliss-reactive ketones (excluding diaryl/α,β-unsaturated/α-hetero) is 2. The highest BCUT2D eigenvalue weighted by molar-refractivity contribution is 7.99. The van der Waals surface area contributed by atoms with E-state index in [2.05, 4.69) is 15.2 Å². The molecular weight excluding hydrogens is 440 g/mol. The van der Waals surface area contributed by atoms with E-state index in [1.807, 2.05) is 35.8 Å². The highest BCUT2D eigenvalue weighted by Crippen LogP contribution is 2.29. The Morgan fingerprint density at radius 1 is 1.24 bits per heavy atom. The van der Waals surface area contributed by atoms with E-state index >= 15 is 0 Å². The highest BCUT2D eigenvalue weighted by Gasteiger charge is 2.24. The Morgan fingerprint density at radius 2 is 2.00 bits per heavy atom. The smallest absolute Gasteiger partial charge is 0.192 e. The number of carbonyl (C=O) groups excluding carboxylic acids is 2. The van der Waals surface area contributed by atoms with E-state index in [9.17, 15) is 9.59 Å². The normalized spacial score (nSPS) is 15.7. The predicted molar refractivity (Wildman–Crippen MR) is 126 cm³/mol. The fourth-order valence-corrected chi connectivity index (χ4v) is 5.08. The number of nitrogens with one attached hydrogen (secondary N) is 1. The Kier molecular flexibility index (Phi) is 6.99. The number of hydrogen-bond donors (Lipinski definition) is 1. The van der Waals surface area contributed by atoms with Gasteiger partial charge in [0.2, 0.25) is 0 Å². The van der Waals surface area contributed by atoms with Crippen LogP contribution in [-0.4, -0.2) is 56.9 Å². The molecule has 2 aromatic heterocycles. The molecule has 0 unspecified atom stereocenters. The van der Waals surface area contributed by atoms with Crippen LogP contribution in [0.2, 0.25) is 0 Å². The van der Waals surface area contributed by atoms with Gasteiger partial charge in [-0.3, -0.25) is 14.2 Å². The summed E-state index contributed by atoms with van der Waals surface area (Å²) in [6, 6.07) is 7.67. The van der Waals surface area contributed by atoms with Crippen LogP contribution in [0.15, 0.2) is 29.4 Å². The number of methoxy groups -OCH3 is 1. The number of aryl methyl sites for hydroxylation is 1. The van der Waals surface area contributed by atoms with E-state index in [0.717, 1.165) is 42.3 Å². The van der Waals surface area contributed by atoms with E-state index in [1.54, 1.807) is 14.0 Å². The number of nitrogens with zero attached hydrogens (tertiary/aromatic N) is 3. The van der Waals surface area contributed by atoms with Gasteiger partial charge in [-0.15, -0.1) is 10.2 Å². The highest BCUT2D eigenvalue weighted by atomic mass is 32.2. The lowest BCUT2D eigenvalue weighted by Crippen LogP contribution is -2.17. The lowest BCUT2D eigenvalue weighted by molar-refractivity contribution is 0.0953. The number of aromatic nitrogens is 4. The molecule has 0 bridgehead atoms. The van der Waals surface area contributed by atoms with Crippen LogP contribution in [0.5, 0.6) is 5.75 Å². The first-order valence-electron chi connectivity index (χ1n) is 10.9. The molecule has 33 heavy (non-hydrogen) atoms. The zero-order valence-corrected chi connectivity index (χ0v) is 20.1. The van der Waals surface area contributed by atoms with Gasteiger partial charge >= 0.3 is 0 Å². The molecule has 0 saturated carbocycles. The van der Waals surface area contributed by atoms with E-state index in [1.165, 1.54) is 18.7 Å². The number of ether oxygens (including phenoxy) is 2. The van der Waals surface area contributed by atoms with Gasteiger partial charge in [0.05, 0.1) is 31.2 Å². The molecule has 1 aromatic carbocycles. The zero-order chi connectivity index (χ0) is 23.5. The summed E-state index contributed by atoms with van der Waals surface area (Å²) >= 11 is 1.34. The first-order chi connectivity index (χ1) is 15.9. The summed E-state index contributed by atoms with van der Waals surface area (Å²) in [5.41, 5.74) is 3.40.